The quantitative estimate of drug-likeness (QED) is 0.0285. The summed E-state index contributed by atoms with van der Waals surface area (Å²) in [4.78, 5) is 32.0. The average Bonchev–Trinajstić information content (AvgIpc) is 1.69. The fourth-order valence-electron chi connectivity index (χ4n) is 7.29. The molecule has 1 heterocycles. The summed E-state index contributed by atoms with van der Waals surface area (Å²) in [7, 11) is 5.81. The molecule has 0 spiro atoms. The van der Waals surface area contributed by atoms with Gasteiger partial charge in [0.15, 0.2) is 0 Å². The van der Waals surface area contributed by atoms with Crippen molar-refractivity contribution >= 4 is 78.4 Å². The zero-order valence-corrected chi connectivity index (χ0v) is 58.8. The number of benzene rings is 6. The van der Waals surface area contributed by atoms with Crippen molar-refractivity contribution in [1.29, 1.82) is 42.1 Å². The molecule has 0 radical (unpaired) electrons. The van der Waals surface area contributed by atoms with Crippen molar-refractivity contribution in [2.75, 3.05) is 21.3 Å². The Morgan fingerprint density at radius 3 is 1.16 bits per heavy atom. The van der Waals surface area contributed by atoms with Gasteiger partial charge < -0.3 is 18.8 Å². The van der Waals surface area contributed by atoms with Gasteiger partial charge in [0.1, 0.15) is 41.0 Å². The lowest BCUT2D eigenvalue weighted by Gasteiger charge is -2.13. The van der Waals surface area contributed by atoms with E-state index < -0.39 is 17.9 Å². The number of hydrogen-bond acceptors (Lipinski definition) is 14. The largest absolute Gasteiger partial charge is 0.465 e. The molecule has 7 aromatic rings. The topological polar surface area (TPSA) is 274 Å². The van der Waals surface area contributed by atoms with E-state index in [1.165, 1.54) is 82.4 Å². The van der Waals surface area contributed by atoms with Gasteiger partial charge in [0, 0.05) is 40.2 Å². The number of carbonyl (C=O) groups is 3. The summed E-state index contributed by atoms with van der Waals surface area (Å²) in [6.07, 6.45) is 8.86. The molecule has 0 atom stereocenters. The Hall–Kier alpha value is -11.6. The van der Waals surface area contributed by atoms with E-state index in [0.717, 1.165) is 22.3 Å². The Bertz CT molecular complexity index is 3950. The Kier molecular flexibility index (Phi) is 54.0. The van der Waals surface area contributed by atoms with Gasteiger partial charge in [0.2, 0.25) is 0 Å². The van der Waals surface area contributed by atoms with Crippen molar-refractivity contribution in [1.82, 2.24) is 4.57 Å². The first-order chi connectivity index (χ1) is 44.8. The van der Waals surface area contributed by atoms with Crippen LogP contribution < -0.4 is 0 Å². The standard InChI is InChI=1S/C22H17N.C11H8N2.C10H9N.C7H10O4.2C6H6N2.C6H7NO2.5C2H6/c1-3-6-16-13-19-17-9-4-7-14-11-12-15-8-5-10-18(21(15)20(14)17)22(19)23(16)2;1-9(7-12)11(8-13)10-5-3-2-4-6-10;1-2-9(8-11)10-6-4-3-5-7-10;1-4-5(6(8)10-2)7(9)11-3;1-5(3-7)6(2)4-8;1-5(2)6(3-7)4-8;1-3-5(4-7)6(8)9-2;5*1-2/h3-13H,1-2H3;2-6H,1H3;2-7H,1H3;4H,1-3H3;2*1-2H3;3H,1-2H3;5*1-2H3/b6-3+;11-9-;9-2+;;6-5+;;5-3-;;;;;. The molecule has 486 valence electrons. The second-order valence-corrected chi connectivity index (χ2v) is 17.1. The smallest absolute Gasteiger partial charge is 0.348 e. The minimum atomic E-state index is -0.681. The number of rotatable bonds is 6. The lowest BCUT2D eigenvalue weighted by molar-refractivity contribution is -0.144. The van der Waals surface area contributed by atoms with Crippen LogP contribution in [0, 0.1) is 90.6 Å². The molecule has 7 rings (SSSR count). The predicted molar refractivity (Wildman–Crippen MR) is 382 cm³/mol. The van der Waals surface area contributed by atoms with Gasteiger partial charge in [-0.25, -0.2) is 14.4 Å². The maximum absolute atomic E-state index is 10.8. The third-order valence-corrected chi connectivity index (χ3v) is 11.8. The molecule has 0 fully saturated rings. The van der Waals surface area contributed by atoms with E-state index in [9.17, 15) is 14.4 Å². The minimum absolute atomic E-state index is 0.0394. The summed E-state index contributed by atoms with van der Waals surface area (Å²) in [6, 6.07) is 54.1. The summed E-state index contributed by atoms with van der Waals surface area (Å²) < 4.78 is 15.2. The van der Waals surface area contributed by atoms with Gasteiger partial charge in [0.05, 0.1) is 62.3 Å². The monoisotopic (exact) mass is 1250 g/mol. The fourth-order valence-corrected chi connectivity index (χ4v) is 7.29. The summed E-state index contributed by atoms with van der Waals surface area (Å²) in [5.74, 6) is -1.95. The Labute approximate surface area is 554 Å². The normalized spacial score (nSPS) is 9.71. The van der Waals surface area contributed by atoms with Gasteiger partial charge in [-0.15, -0.1) is 0 Å². The number of hydrogen-bond donors (Lipinski definition) is 0. The number of allylic oxidation sites excluding steroid dienone is 11. The third-order valence-electron chi connectivity index (χ3n) is 11.8. The Balaban J connectivity index is -0.000000328. The van der Waals surface area contributed by atoms with Crippen LogP contribution in [0.25, 0.3) is 60.4 Å². The number of nitriles is 8. The van der Waals surface area contributed by atoms with Crippen LogP contribution in [0.1, 0.15) is 148 Å². The lowest BCUT2D eigenvalue weighted by atomic mass is 9.92. The average molecular weight is 1250 g/mol. The van der Waals surface area contributed by atoms with Crippen LogP contribution >= 0.6 is 0 Å². The number of aromatic nitrogens is 1. The molecular weight excluding hydrogens is 1160 g/mol. The molecule has 0 saturated carbocycles. The fraction of sp³-hybridized carbons (Fsp3) is 0.295. The first-order valence-electron chi connectivity index (χ1n) is 30.2. The first-order valence-corrected chi connectivity index (χ1v) is 30.2. The van der Waals surface area contributed by atoms with Gasteiger partial charge in [-0.1, -0.05) is 203 Å². The van der Waals surface area contributed by atoms with E-state index in [0.29, 0.717) is 22.3 Å². The van der Waals surface area contributed by atoms with Crippen LogP contribution in [0.4, 0.5) is 0 Å². The molecule has 1 aromatic heterocycles. The van der Waals surface area contributed by atoms with Crippen LogP contribution in [0.15, 0.2) is 179 Å². The van der Waals surface area contributed by atoms with Crippen LogP contribution in [-0.4, -0.2) is 43.8 Å². The highest BCUT2D eigenvalue weighted by molar-refractivity contribution is 6.33. The summed E-state index contributed by atoms with van der Waals surface area (Å²) >= 11 is 0. The molecule has 0 bridgehead atoms. The Morgan fingerprint density at radius 1 is 0.430 bits per heavy atom. The van der Waals surface area contributed by atoms with E-state index in [4.69, 9.17) is 42.1 Å². The van der Waals surface area contributed by atoms with Gasteiger partial charge in [-0.05, 0) is 118 Å². The van der Waals surface area contributed by atoms with E-state index in [-0.39, 0.29) is 16.7 Å². The van der Waals surface area contributed by atoms with Crippen LogP contribution in [0.2, 0.25) is 0 Å². The van der Waals surface area contributed by atoms with Crippen molar-refractivity contribution < 1.29 is 28.6 Å². The maximum Gasteiger partial charge on any atom is 0.348 e. The van der Waals surface area contributed by atoms with Crippen molar-refractivity contribution in [2.24, 2.45) is 7.05 Å². The highest BCUT2D eigenvalue weighted by Gasteiger charge is 2.18. The van der Waals surface area contributed by atoms with Crippen LogP contribution in [-0.2, 0) is 35.6 Å². The van der Waals surface area contributed by atoms with Crippen molar-refractivity contribution in [3.63, 3.8) is 0 Å². The Morgan fingerprint density at radius 2 is 0.849 bits per heavy atom. The second kappa shape index (κ2) is 55.7. The molecule has 0 saturated heterocycles. The van der Waals surface area contributed by atoms with Crippen molar-refractivity contribution in [3.05, 3.63) is 195 Å². The van der Waals surface area contributed by atoms with E-state index in [2.05, 4.69) is 106 Å². The number of ether oxygens (including phenoxy) is 3. The molecule has 15 heteroatoms. The van der Waals surface area contributed by atoms with Crippen LogP contribution in [0.3, 0.4) is 0 Å². The lowest BCUT2D eigenvalue weighted by Crippen LogP contribution is -2.15. The highest BCUT2D eigenvalue weighted by atomic mass is 16.5. The number of methoxy groups -OCH3 is 3. The summed E-state index contributed by atoms with van der Waals surface area (Å²) in [5.41, 5.74) is 7.91. The van der Waals surface area contributed by atoms with E-state index >= 15 is 0 Å². The van der Waals surface area contributed by atoms with E-state index in [1.54, 1.807) is 66.7 Å². The number of nitrogens with zero attached hydrogens (tertiary/aromatic N) is 9. The molecule has 15 nitrogen and oxygen atoms in total. The number of esters is 3. The van der Waals surface area contributed by atoms with Crippen LogP contribution in [0.5, 0.6) is 0 Å². The second-order valence-electron chi connectivity index (χ2n) is 17.1. The molecule has 0 N–H and O–H groups in total. The first kappa shape index (κ1) is 90.2. The zero-order valence-electron chi connectivity index (χ0n) is 58.8. The SMILES string of the molecule is C/C(C#N)=C(/C)C#N.C/C(C#N)=C(\C#N)c1ccccc1.C/C=C(/C#N)C(=O)OC.C/C=C(\C#N)c1ccccc1.C/C=C/c1cc2c3cccc4ccc5cccc(c5c43)c2n1C.CC.CC.CC.CC.CC.CC(C)=C(C#N)C#N.CC=C(C(=O)OC)C(=O)OC. The molecule has 0 unspecified atom stereocenters. The van der Waals surface area contributed by atoms with Gasteiger partial charge in [-0.2, -0.15) is 42.1 Å². The minimum Gasteiger partial charge on any atom is -0.465 e. The number of carbonyl (C=O) groups excluding carboxylic acids is 3. The highest BCUT2D eigenvalue weighted by Crippen LogP contribution is 2.41. The summed E-state index contributed by atoms with van der Waals surface area (Å²) in [6.45, 7) is 35.5. The summed E-state index contributed by atoms with van der Waals surface area (Å²) in [5, 5.41) is 76.5. The van der Waals surface area contributed by atoms with Gasteiger partial charge in [-0.3, -0.25) is 0 Å². The van der Waals surface area contributed by atoms with E-state index in [1.807, 2.05) is 167 Å². The molecular formula is C78H93N9O6. The zero-order chi connectivity index (χ0) is 72.6. The van der Waals surface area contributed by atoms with Crippen molar-refractivity contribution in [3.8, 4) is 48.6 Å². The molecule has 0 aliphatic heterocycles. The van der Waals surface area contributed by atoms with Gasteiger partial charge >= 0.3 is 17.9 Å². The molecule has 0 aliphatic carbocycles. The maximum atomic E-state index is 10.8. The molecule has 0 amide bonds. The number of aryl methyl sites for hydroxylation is 1. The number of fused-ring (bicyclic) bond motifs is 3. The third kappa shape index (κ3) is 30.0. The van der Waals surface area contributed by atoms with Gasteiger partial charge in [0.25, 0.3) is 0 Å². The molecule has 6 aromatic carbocycles. The molecule has 0 aliphatic rings. The van der Waals surface area contributed by atoms with Crippen molar-refractivity contribution in [2.45, 2.75) is 132 Å². The molecule has 93 heavy (non-hydrogen) atoms. The predicted octanol–water partition coefficient (Wildman–Crippen LogP) is 20.0.